The molecule has 0 unspecified atom stereocenters. The SMILES string of the molecule is O=[N+]([O-])[C@]1(Br)[C@@H](O)c2ccccc2O[C@H]1c1ccccc1. The van der Waals surface area contributed by atoms with Crippen molar-refractivity contribution in [3.63, 3.8) is 0 Å². The number of nitrogens with zero attached hydrogens (tertiary/aromatic N) is 1. The molecule has 0 bridgehead atoms. The molecule has 0 spiro atoms. The van der Waals surface area contributed by atoms with Crippen LogP contribution in [-0.2, 0) is 0 Å². The van der Waals surface area contributed by atoms with Gasteiger partial charge in [-0.1, -0.05) is 48.5 Å². The molecule has 5 nitrogen and oxygen atoms in total. The van der Waals surface area contributed by atoms with Gasteiger partial charge in [-0.3, -0.25) is 10.1 Å². The van der Waals surface area contributed by atoms with Crippen molar-refractivity contribution >= 4 is 15.9 Å². The monoisotopic (exact) mass is 349 g/mol. The minimum absolute atomic E-state index is 0.401. The highest BCUT2D eigenvalue weighted by molar-refractivity contribution is 9.10. The van der Waals surface area contributed by atoms with Gasteiger partial charge < -0.3 is 9.84 Å². The zero-order chi connectivity index (χ0) is 15.0. The number of aliphatic hydroxyl groups is 1. The molecule has 2 aromatic rings. The van der Waals surface area contributed by atoms with Crippen molar-refractivity contribution in [2.75, 3.05) is 0 Å². The molecule has 3 atom stereocenters. The van der Waals surface area contributed by atoms with E-state index >= 15 is 0 Å². The minimum Gasteiger partial charge on any atom is -0.477 e. The Balaban J connectivity index is 2.17. The van der Waals surface area contributed by atoms with E-state index in [0.29, 0.717) is 16.9 Å². The van der Waals surface area contributed by atoms with Crippen LogP contribution in [0.15, 0.2) is 54.6 Å². The maximum Gasteiger partial charge on any atom is 0.344 e. The lowest BCUT2D eigenvalue weighted by Crippen LogP contribution is -2.48. The summed E-state index contributed by atoms with van der Waals surface area (Å²) in [7, 11) is 0. The van der Waals surface area contributed by atoms with Crippen LogP contribution >= 0.6 is 15.9 Å². The van der Waals surface area contributed by atoms with Crippen LogP contribution in [0.25, 0.3) is 0 Å². The average Bonchev–Trinajstić information content (AvgIpc) is 2.51. The maximum absolute atomic E-state index is 11.6. The van der Waals surface area contributed by atoms with Crippen LogP contribution in [0.4, 0.5) is 0 Å². The fourth-order valence-corrected chi connectivity index (χ4v) is 3.11. The first-order chi connectivity index (χ1) is 10.0. The summed E-state index contributed by atoms with van der Waals surface area (Å²) in [5, 5.41) is 22.1. The first-order valence-corrected chi connectivity index (χ1v) is 7.16. The van der Waals surface area contributed by atoms with Crippen LogP contribution in [0.2, 0.25) is 0 Å². The van der Waals surface area contributed by atoms with Crippen molar-refractivity contribution in [2.45, 2.75) is 16.7 Å². The number of benzene rings is 2. The van der Waals surface area contributed by atoms with Gasteiger partial charge in [-0.25, -0.2) is 0 Å². The molecule has 0 fully saturated rings. The fourth-order valence-electron chi connectivity index (χ4n) is 2.51. The number of aliphatic hydroxyl groups excluding tert-OH is 1. The number of para-hydroxylation sites is 1. The van der Waals surface area contributed by atoms with E-state index in [9.17, 15) is 15.2 Å². The third-order valence-electron chi connectivity index (χ3n) is 3.59. The van der Waals surface area contributed by atoms with Crippen LogP contribution in [0, 0.1) is 10.1 Å². The van der Waals surface area contributed by atoms with Gasteiger partial charge in [-0.15, -0.1) is 0 Å². The van der Waals surface area contributed by atoms with E-state index in [1.165, 1.54) is 0 Å². The molecule has 1 heterocycles. The Hall–Kier alpha value is -1.92. The van der Waals surface area contributed by atoms with Gasteiger partial charge >= 0.3 is 4.45 Å². The van der Waals surface area contributed by atoms with Gasteiger partial charge in [-0.2, -0.15) is 0 Å². The Kier molecular flexibility index (Phi) is 3.43. The summed E-state index contributed by atoms with van der Waals surface area (Å²) in [6.45, 7) is 0. The van der Waals surface area contributed by atoms with E-state index in [1.54, 1.807) is 48.5 Å². The number of ether oxygens (including phenoxy) is 1. The molecular weight excluding hydrogens is 338 g/mol. The first kappa shape index (κ1) is 14.0. The third-order valence-corrected chi connectivity index (χ3v) is 4.73. The topological polar surface area (TPSA) is 72.6 Å². The summed E-state index contributed by atoms with van der Waals surface area (Å²) < 4.78 is 3.99. The number of hydrogen-bond acceptors (Lipinski definition) is 4. The molecule has 0 aromatic heterocycles. The summed E-state index contributed by atoms with van der Waals surface area (Å²) in [6.07, 6.45) is -2.25. The van der Waals surface area contributed by atoms with E-state index in [4.69, 9.17) is 4.74 Å². The summed E-state index contributed by atoms with van der Waals surface area (Å²) in [5.74, 6) is 0.454. The van der Waals surface area contributed by atoms with Crippen molar-refractivity contribution in [1.82, 2.24) is 0 Å². The second-order valence-electron chi connectivity index (χ2n) is 4.83. The Labute approximate surface area is 129 Å². The molecule has 0 amide bonds. The lowest BCUT2D eigenvalue weighted by Gasteiger charge is -2.37. The number of nitro groups is 1. The molecule has 21 heavy (non-hydrogen) atoms. The lowest BCUT2D eigenvalue weighted by atomic mass is 9.90. The Morgan fingerprint density at radius 2 is 1.76 bits per heavy atom. The standard InChI is InChI=1S/C15H12BrNO4/c16-15(17(19)20)13(18)11-8-4-5-9-12(11)21-14(15)10-6-2-1-3-7-10/h1-9,13-14,18H/t13-,14-,15+/m0/s1. The molecule has 0 radical (unpaired) electrons. The van der Waals surface area contributed by atoms with Crippen molar-refractivity contribution in [1.29, 1.82) is 0 Å². The van der Waals surface area contributed by atoms with Crippen molar-refractivity contribution in [3.8, 4) is 5.75 Å². The highest BCUT2D eigenvalue weighted by atomic mass is 79.9. The number of rotatable bonds is 2. The van der Waals surface area contributed by atoms with E-state index in [-0.39, 0.29) is 0 Å². The molecule has 1 aliphatic rings. The fraction of sp³-hybridized carbons (Fsp3) is 0.200. The largest absolute Gasteiger partial charge is 0.477 e. The molecule has 108 valence electrons. The van der Waals surface area contributed by atoms with Gasteiger partial charge in [0, 0.05) is 32.0 Å². The second-order valence-corrected chi connectivity index (χ2v) is 6.10. The maximum atomic E-state index is 11.6. The predicted molar refractivity (Wildman–Crippen MR) is 79.9 cm³/mol. The number of fused-ring (bicyclic) bond motifs is 1. The summed E-state index contributed by atoms with van der Waals surface area (Å²) >= 11 is 3.12. The van der Waals surface area contributed by atoms with Crippen LogP contribution in [0.3, 0.4) is 0 Å². The Morgan fingerprint density at radius 1 is 1.14 bits per heavy atom. The van der Waals surface area contributed by atoms with Crippen molar-refractivity contribution in [2.24, 2.45) is 0 Å². The number of halogens is 1. The normalized spacial score (nSPS) is 27.5. The number of alkyl halides is 1. The van der Waals surface area contributed by atoms with Gasteiger partial charge in [0.15, 0.2) is 6.10 Å². The van der Waals surface area contributed by atoms with Gasteiger partial charge in [0.05, 0.1) is 0 Å². The highest BCUT2D eigenvalue weighted by Gasteiger charge is 2.60. The summed E-state index contributed by atoms with van der Waals surface area (Å²) in [4.78, 5) is 11.1. The average molecular weight is 350 g/mol. The highest BCUT2D eigenvalue weighted by Crippen LogP contribution is 2.52. The van der Waals surface area contributed by atoms with Gasteiger partial charge in [-0.05, 0) is 6.07 Å². The third kappa shape index (κ3) is 2.11. The van der Waals surface area contributed by atoms with Crippen LogP contribution < -0.4 is 4.74 Å². The summed E-state index contributed by atoms with van der Waals surface area (Å²) in [6, 6.07) is 15.6. The molecular formula is C15H12BrNO4. The molecule has 0 saturated carbocycles. The molecule has 0 aliphatic carbocycles. The molecule has 3 rings (SSSR count). The van der Waals surface area contributed by atoms with E-state index in [1.807, 2.05) is 6.07 Å². The van der Waals surface area contributed by atoms with Gasteiger partial charge in [0.2, 0.25) is 6.10 Å². The van der Waals surface area contributed by atoms with Crippen LogP contribution in [0.1, 0.15) is 23.3 Å². The Morgan fingerprint density at radius 3 is 2.43 bits per heavy atom. The zero-order valence-corrected chi connectivity index (χ0v) is 12.4. The Bertz CT molecular complexity index is 678. The molecule has 0 saturated heterocycles. The van der Waals surface area contributed by atoms with Crippen LogP contribution in [0.5, 0.6) is 5.75 Å². The minimum atomic E-state index is -1.83. The first-order valence-electron chi connectivity index (χ1n) is 6.37. The van der Waals surface area contributed by atoms with E-state index < -0.39 is 21.6 Å². The summed E-state index contributed by atoms with van der Waals surface area (Å²) in [5.41, 5.74) is 1.03. The predicted octanol–water partition coefficient (Wildman–Crippen LogP) is 3.22. The molecule has 1 N–H and O–H groups in total. The van der Waals surface area contributed by atoms with Gasteiger partial charge in [0.1, 0.15) is 5.75 Å². The van der Waals surface area contributed by atoms with Gasteiger partial charge in [0.25, 0.3) is 0 Å². The number of hydrogen-bond donors (Lipinski definition) is 1. The molecule has 6 heteroatoms. The zero-order valence-electron chi connectivity index (χ0n) is 10.8. The van der Waals surface area contributed by atoms with Crippen molar-refractivity contribution in [3.05, 3.63) is 75.8 Å². The second kappa shape index (κ2) is 5.13. The van der Waals surface area contributed by atoms with Crippen molar-refractivity contribution < 1.29 is 14.8 Å². The van der Waals surface area contributed by atoms with Crippen LogP contribution in [-0.4, -0.2) is 14.5 Å². The molecule has 1 aliphatic heterocycles. The van der Waals surface area contributed by atoms with E-state index in [2.05, 4.69) is 15.9 Å². The molecule has 2 aromatic carbocycles. The van der Waals surface area contributed by atoms with E-state index in [0.717, 1.165) is 0 Å². The lowest BCUT2D eigenvalue weighted by molar-refractivity contribution is -0.563. The quantitative estimate of drug-likeness (QED) is 0.391. The smallest absolute Gasteiger partial charge is 0.344 e.